The average molecular weight is 354 g/mol. The Morgan fingerprint density at radius 3 is 2.73 bits per heavy atom. The van der Waals surface area contributed by atoms with Crippen LogP contribution in [0.4, 0.5) is 5.82 Å². The lowest BCUT2D eigenvalue weighted by Gasteiger charge is -2.19. The van der Waals surface area contributed by atoms with E-state index in [1.807, 2.05) is 6.07 Å². The molecule has 26 heavy (non-hydrogen) atoms. The van der Waals surface area contributed by atoms with Gasteiger partial charge in [0.15, 0.2) is 5.56 Å². The van der Waals surface area contributed by atoms with E-state index in [0.717, 1.165) is 4.57 Å². The van der Waals surface area contributed by atoms with E-state index in [0.29, 0.717) is 25.2 Å². The Bertz CT molecular complexity index is 1000. The van der Waals surface area contributed by atoms with E-state index >= 15 is 0 Å². The molecule has 0 radical (unpaired) electrons. The van der Waals surface area contributed by atoms with Crippen molar-refractivity contribution in [2.75, 3.05) is 18.4 Å². The molecule has 1 aliphatic rings. The second-order valence-corrected chi connectivity index (χ2v) is 6.14. The van der Waals surface area contributed by atoms with Gasteiger partial charge in [-0.3, -0.25) is 23.7 Å². The standard InChI is InChI=1S/C17H18N6O3/c1-21-14(12(9-18)15(24)22(2)17(21)26)20-11-6-8-23(10-11)16(25)13-5-3-4-7-19-13/h3-5,7,11,20H,6,8,10H2,1-2H3. The van der Waals surface area contributed by atoms with E-state index < -0.39 is 11.2 Å². The van der Waals surface area contributed by atoms with Crippen LogP contribution in [0.25, 0.3) is 0 Å². The smallest absolute Gasteiger partial charge is 0.332 e. The minimum atomic E-state index is -0.641. The number of hydrogen-bond acceptors (Lipinski definition) is 6. The summed E-state index contributed by atoms with van der Waals surface area (Å²) in [6.45, 7) is 0.914. The number of likely N-dealkylation sites (tertiary alicyclic amines) is 1. The van der Waals surface area contributed by atoms with Crippen LogP contribution in [0.15, 0.2) is 34.0 Å². The number of nitrogens with zero attached hydrogens (tertiary/aromatic N) is 5. The van der Waals surface area contributed by atoms with Crippen molar-refractivity contribution in [3.05, 3.63) is 56.5 Å². The Morgan fingerprint density at radius 2 is 2.08 bits per heavy atom. The Kier molecular flexibility index (Phi) is 4.58. The fourth-order valence-electron chi connectivity index (χ4n) is 3.02. The van der Waals surface area contributed by atoms with Gasteiger partial charge < -0.3 is 10.2 Å². The number of hydrogen-bond donors (Lipinski definition) is 1. The van der Waals surface area contributed by atoms with Crippen LogP contribution in [0, 0.1) is 11.3 Å². The van der Waals surface area contributed by atoms with E-state index in [1.54, 1.807) is 29.3 Å². The molecule has 1 aliphatic heterocycles. The van der Waals surface area contributed by atoms with Gasteiger partial charge in [0, 0.05) is 39.4 Å². The highest BCUT2D eigenvalue weighted by molar-refractivity contribution is 5.92. The molecule has 9 heteroatoms. The van der Waals surface area contributed by atoms with Gasteiger partial charge in [0.05, 0.1) is 0 Å². The topological polar surface area (TPSA) is 113 Å². The van der Waals surface area contributed by atoms with E-state index in [1.165, 1.54) is 18.7 Å². The maximum absolute atomic E-state index is 12.5. The first-order valence-corrected chi connectivity index (χ1v) is 8.11. The molecule has 1 fully saturated rings. The van der Waals surface area contributed by atoms with Gasteiger partial charge in [-0.15, -0.1) is 0 Å². The molecule has 1 amide bonds. The molecule has 1 saturated heterocycles. The van der Waals surface area contributed by atoms with E-state index in [2.05, 4.69) is 10.3 Å². The molecule has 0 aromatic carbocycles. The third-order valence-corrected chi connectivity index (χ3v) is 4.48. The third-order valence-electron chi connectivity index (χ3n) is 4.48. The molecule has 0 bridgehead atoms. The Balaban J connectivity index is 1.82. The van der Waals surface area contributed by atoms with E-state index in [9.17, 15) is 19.6 Å². The molecule has 2 aromatic heterocycles. The van der Waals surface area contributed by atoms with Crippen molar-refractivity contribution in [2.24, 2.45) is 14.1 Å². The zero-order chi connectivity index (χ0) is 18.8. The van der Waals surface area contributed by atoms with Crippen LogP contribution in [-0.4, -0.2) is 44.1 Å². The Morgan fingerprint density at radius 1 is 1.31 bits per heavy atom. The van der Waals surface area contributed by atoms with Crippen molar-refractivity contribution >= 4 is 11.7 Å². The molecule has 9 nitrogen and oxygen atoms in total. The summed E-state index contributed by atoms with van der Waals surface area (Å²) in [6.07, 6.45) is 2.20. The number of amides is 1. The number of anilines is 1. The van der Waals surface area contributed by atoms with E-state index in [-0.39, 0.29) is 23.3 Å². The van der Waals surface area contributed by atoms with Crippen LogP contribution in [0.5, 0.6) is 0 Å². The molecule has 3 rings (SSSR count). The third kappa shape index (κ3) is 2.97. The summed E-state index contributed by atoms with van der Waals surface area (Å²) >= 11 is 0. The summed E-state index contributed by atoms with van der Waals surface area (Å²) in [6, 6.07) is 6.83. The molecule has 2 aromatic rings. The molecule has 1 unspecified atom stereocenters. The molecule has 0 aliphatic carbocycles. The van der Waals surface area contributed by atoms with Gasteiger partial charge in [0.25, 0.3) is 11.5 Å². The SMILES string of the molecule is Cn1c(NC2CCN(C(=O)c3ccccn3)C2)c(C#N)c(=O)n(C)c1=O. The number of rotatable bonds is 3. The maximum Gasteiger partial charge on any atom is 0.332 e. The van der Waals surface area contributed by atoms with Crippen molar-refractivity contribution in [3.8, 4) is 6.07 Å². The normalized spacial score (nSPS) is 16.3. The fourth-order valence-corrected chi connectivity index (χ4v) is 3.02. The molecule has 3 heterocycles. The van der Waals surface area contributed by atoms with Crippen LogP contribution in [0.2, 0.25) is 0 Å². The summed E-state index contributed by atoms with van der Waals surface area (Å²) in [5.41, 5.74) is -0.913. The van der Waals surface area contributed by atoms with Crippen molar-refractivity contribution in [1.29, 1.82) is 5.26 Å². The number of carbonyl (C=O) groups excluding carboxylic acids is 1. The van der Waals surface area contributed by atoms with Gasteiger partial charge in [-0.05, 0) is 18.6 Å². The molecule has 0 saturated carbocycles. The first kappa shape index (κ1) is 17.4. The number of carbonyl (C=O) groups is 1. The first-order valence-electron chi connectivity index (χ1n) is 8.11. The lowest BCUT2D eigenvalue weighted by Crippen LogP contribution is -2.41. The van der Waals surface area contributed by atoms with Gasteiger partial charge in [0.2, 0.25) is 0 Å². The van der Waals surface area contributed by atoms with Crippen molar-refractivity contribution in [1.82, 2.24) is 19.0 Å². The summed E-state index contributed by atoms with van der Waals surface area (Å²) in [7, 11) is 2.83. The van der Waals surface area contributed by atoms with Crippen LogP contribution in [-0.2, 0) is 14.1 Å². The van der Waals surface area contributed by atoms with Gasteiger partial charge in [0.1, 0.15) is 17.6 Å². The second-order valence-electron chi connectivity index (χ2n) is 6.14. The largest absolute Gasteiger partial charge is 0.366 e. The number of aromatic nitrogens is 3. The van der Waals surface area contributed by atoms with Gasteiger partial charge in [-0.25, -0.2) is 4.79 Å². The number of pyridine rings is 1. The molecule has 0 spiro atoms. The summed E-state index contributed by atoms with van der Waals surface area (Å²) in [5, 5.41) is 12.4. The highest BCUT2D eigenvalue weighted by atomic mass is 16.2. The monoisotopic (exact) mass is 354 g/mol. The second kappa shape index (κ2) is 6.84. The first-order chi connectivity index (χ1) is 12.4. The summed E-state index contributed by atoms with van der Waals surface area (Å²) in [5.74, 6) is 0.00556. The maximum atomic E-state index is 12.5. The fraction of sp³-hybridized carbons (Fsp3) is 0.353. The molecule has 1 atom stereocenters. The zero-order valence-corrected chi connectivity index (χ0v) is 14.5. The molecular weight excluding hydrogens is 336 g/mol. The highest BCUT2D eigenvalue weighted by Crippen LogP contribution is 2.18. The van der Waals surface area contributed by atoms with E-state index in [4.69, 9.17) is 0 Å². The van der Waals surface area contributed by atoms with Gasteiger partial charge in [-0.2, -0.15) is 5.26 Å². The van der Waals surface area contributed by atoms with Gasteiger partial charge in [-0.1, -0.05) is 6.07 Å². The summed E-state index contributed by atoms with van der Waals surface area (Å²) < 4.78 is 2.14. The Hall–Kier alpha value is -3.41. The quantitative estimate of drug-likeness (QED) is 0.808. The lowest BCUT2D eigenvalue weighted by molar-refractivity contribution is 0.0786. The predicted molar refractivity (Wildman–Crippen MR) is 93.8 cm³/mol. The zero-order valence-electron chi connectivity index (χ0n) is 14.5. The highest BCUT2D eigenvalue weighted by Gasteiger charge is 2.29. The lowest BCUT2D eigenvalue weighted by atomic mass is 10.2. The van der Waals surface area contributed by atoms with Crippen LogP contribution < -0.4 is 16.6 Å². The Labute approximate surface area is 149 Å². The van der Waals surface area contributed by atoms with Gasteiger partial charge >= 0.3 is 5.69 Å². The van der Waals surface area contributed by atoms with Crippen LogP contribution in [0.3, 0.4) is 0 Å². The summed E-state index contributed by atoms with van der Waals surface area (Å²) in [4.78, 5) is 42.4. The average Bonchev–Trinajstić information content (AvgIpc) is 3.13. The van der Waals surface area contributed by atoms with Crippen molar-refractivity contribution in [2.45, 2.75) is 12.5 Å². The van der Waals surface area contributed by atoms with Crippen molar-refractivity contribution in [3.63, 3.8) is 0 Å². The van der Waals surface area contributed by atoms with Crippen LogP contribution in [0.1, 0.15) is 22.5 Å². The molecule has 134 valence electrons. The minimum Gasteiger partial charge on any atom is -0.366 e. The minimum absolute atomic E-state index is 0.121. The number of nitrogens with one attached hydrogen (secondary N) is 1. The number of nitriles is 1. The van der Waals surface area contributed by atoms with Crippen molar-refractivity contribution < 1.29 is 4.79 Å². The van der Waals surface area contributed by atoms with Crippen LogP contribution >= 0.6 is 0 Å². The molecular formula is C17H18N6O3. The molecule has 1 N–H and O–H groups in total. The predicted octanol–water partition coefficient (Wildman–Crippen LogP) is -0.323.